The summed E-state index contributed by atoms with van der Waals surface area (Å²) in [6, 6.07) is 16.0. The van der Waals surface area contributed by atoms with E-state index in [-0.39, 0.29) is 0 Å². The second kappa shape index (κ2) is 6.35. The number of aryl methyl sites for hydroxylation is 1. The first-order chi connectivity index (χ1) is 11.3. The monoisotopic (exact) mass is 302 g/mol. The van der Waals surface area contributed by atoms with Gasteiger partial charge in [0.05, 0.1) is 0 Å². The highest BCUT2D eigenvalue weighted by Crippen LogP contribution is 2.38. The predicted octanol–water partition coefficient (Wildman–Crippen LogP) is 6.44. The minimum Gasteiger partial charge on any atom is -0.0649 e. The first-order valence-electron chi connectivity index (χ1n) is 9.24. The first-order valence-corrected chi connectivity index (χ1v) is 9.24. The molecule has 2 aromatic carbocycles. The molecule has 1 fully saturated rings. The number of hydrogen-bond acceptors (Lipinski definition) is 0. The highest BCUT2D eigenvalue weighted by Gasteiger charge is 2.21. The minimum absolute atomic E-state index is 0.947. The molecule has 1 saturated carbocycles. The zero-order valence-corrected chi connectivity index (χ0v) is 14.1. The fourth-order valence-corrected chi connectivity index (χ4v) is 4.33. The molecule has 2 aliphatic carbocycles. The molecule has 2 aliphatic rings. The molecule has 0 bridgehead atoms. The average molecular weight is 302 g/mol. The molecule has 0 nitrogen and oxygen atoms in total. The summed E-state index contributed by atoms with van der Waals surface area (Å²) in [5.41, 5.74) is 8.84. The summed E-state index contributed by atoms with van der Waals surface area (Å²) in [4.78, 5) is 0. The van der Waals surface area contributed by atoms with Gasteiger partial charge in [0.1, 0.15) is 0 Å². The van der Waals surface area contributed by atoms with Gasteiger partial charge >= 0.3 is 0 Å². The van der Waals surface area contributed by atoms with E-state index in [0.717, 1.165) is 12.3 Å². The van der Waals surface area contributed by atoms with Gasteiger partial charge < -0.3 is 0 Å². The number of allylic oxidation sites excluding steroid dienone is 1. The molecule has 0 aliphatic heterocycles. The van der Waals surface area contributed by atoms with Gasteiger partial charge in [-0.2, -0.15) is 0 Å². The topological polar surface area (TPSA) is 0 Å². The lowest BCUT2D eigenvalue weighted by molar-refractivity contribution is 0.541. The van der Waals surface area contributed by atoms with Crippen molar-refractivity contribution in [1.29, 1.82) is 0 Å². The molecule has 0 amide bonds. The van der Waals surface area contributed by atoms with Crippen molar-refractivity contribution < 1.29 is 0 Å². The Morgan fingerprint density at radius 2 is 1.74 bits per heavy atom. The normalized spacial score (nSPS) is 17.3. The Labute approximate surface area is 140 Å². The maximum atomic E-state index is 2.50. The third-order valence-electron chi connectivity index (χ3n) is 5.66. The van der Waals surface area contributed by atoms with Crippen molar-refractivity contribution in [2.75, 3.05) is 0 Å². The molecule has 0 aromatic heterocycles. The van der Waals surface area contributed by atoms with E-state index < -0.39 is 0 Å². The standard InChI is InChI=1S/C23H26/c1-2-17-10-12-20(13-11-17)22-9-5-8-21-15-19(16-23(21)22)14-18-6-3-4-7-18/h5,8-13,16,18H,2-4,6-7,14-15H2,1H3. The Balaban J connectivity index is 1.63. The molecular formula is C23H26. The van der Waals surface area contributed by atoms with Crippen LogP contribution in [-0.2, 0) is 12.8 Å². The van der Waals surface area contributed by atoms with E-state index in [2.05, 4.69) is 55.5 Å². The Morgan fingerprint density at radius 3 is 2.48 bits per heavy atom. The molecule has 0 radical (unpaired) electrons. The van der Waals surface area contributed by atoms with Crippen LogP contribution in [-0.4, -0.2) is 0 Å². The summed E-state index contributed by atoms with van der Waals surface area (Å²) < 4.78 is 0. The van der Waals surface area contributed by atoms with Crippen molar-refractivity contribution in [3.8, 4) is 11.1 Å². The number of hydrogen-bond donors (Lipinski definition) is 0. The maximum absolute atomic E-state index is 2.50. The lowest BCUT2D eigenvalue weighted by atomic mass is 9.96. The third-order valence-corrected chi connectivity index (χ3v) is 5.66. The number of benzene rings is 2. The second-order valence-corrected chi connectivity index (χ2v) is 7.26. The smallest absolute Gasteiger partial charge is 0.00575 e. The van der Waals surface area contributed by atoms with Crippen LogP contribution in [0.25, 0.3) is 17.2 Å². The van der Waals surface area contributed by atoms with Crippen LogP contribution < -0.4 is 0 Å². The van der Waals surface area contributed by atoms with Crippen LogP contribution in [0.3, 0.4) is 0 Å². The van der Waals surface area contributed by atoms with Crippen LogP contribution in [0.15, 0.2) is 48.0 Å². The lowest BCUT2D eigenvalue weighted by Crippen LogP contribution is -1.95. The Bertz CT molecular complexity index is 712. The first kappa shape index (κ1) is 14.8. The molecule has 0 atom stereocenters. The predicted molar refractivity (Wildman–Crippen MR) is 99.5 cm³/mol. The minimum atomic E-state index is 0.947. The van der Waals surface area contributed by atoms with Crippen LogP contribution in [0.4, 0.5) is 0 Å². The van der Waals surface area contributed by atoms with E-state index in [1.807, 2.05) is 0 Å². The van der Waals surface area contributed by atoms with Gasteiger partial charge in [0.25, 0.3) is 0 Å². The molecule has 0 N–H and O–H groups in total. The quantitative estimate of drug-likeness (QED) is 0.610. The fraction of sp³-hybridized carbons (Fsp3) is 0.391. The van der Waals surface area contributed by atoms with E-state index >= 15 is 0 Å². The van der Waals surface area contributed by atoms with Gasteiger partial charge in [-0.25, -0.2) is 0 Å². The summed E-state index contributed by atoms with van der Waals surface area (Å²) in [5, 5.41) is 0. The Hall–Kier alpha value is -1.82. The number of fused-ring (bicyclic) bond motifs is 1. The van der Waals surface area contributed by atoms with Gasteiger partial charge in [-0.3, -0.25) is 0 Å². The molecule has 23 heavy (non-hydrogen) atoms. The van der Waals surface area contributed by atoms with Crippen LogP contribution in [0.5, 0.6) is 0 Å². The number of rotatable bonds is 4. The summed E-state index contributed by atoms with van der Waals surface area (Å²) in [6.45, 7) is 2.22. The van der Waals surface area contributed by atoms with Crippen LogP contribution in [0.2, 0.25) is 0 Å². The van der Waals surface area contributed by atoms with Crippen molar-refractivity contribution in [1.82, 2.24) is 0 Å². The lowest BCUT2D eigenvalue weighted by Gasteiger charge is -2.09. The van der Waals surface area contributed by atoms with Crippen LogP contribution >= 0.6 is 0 Å². The van der Waals surface area contributed by atoms with Gasteiger partial charge in [-0.05, 0) is 53.0 Å². The molecule has 0 unspecified atom stereocenters. The molecular weight excluding hydrogens is 276 g/mol. The summed E-state index contributed by atoms with van der Waals surface area (Å²) in [5.74, 6) is 0.947. The Kier molecular flexibility index (Phi) is 4.08. The van der Waals surface area contributed by atoms with E-state index in [0.29, 0.717) is 0 Å². The van der Waals surface area contributed by atoms with Gasteiger partial charge in [-0.15, -0.1) is 0 Å². The SMILES string of the molecule is CCc1ccc(-c2cccc3c2C=C(CC2CCCC2)C3)cc1. The van der Waals surface area contributed by atoms with Crippen molar-refractivity contribution in [2.45, 2.75) is 51.9 Å². The molecule has 0 saturated heterocycles. The zero-order valence-electron chi connectivity index (χ0n) is 14.1. The molecule has 118 valence electrons. The molecule has 0 spiro atoms. The summed E-state index contributed by atoms with van der Waals surface area (Å²) in [7, 11) is 0. The van der Waals surface area contributed by atoms with E-state index in [1.54, 1.807) is 5.57 Å². The molecule has 0 heterocycles. The third kappa shape index (κ3) is 3.00. The highest BCUT2D eigenvalue weighted by molar-refractivity contribution is 5.80. The van der Waals surface area contributed by atoms with E-state index in [9.17, 15) is 0 Å². The maximum Gasteiger partial charge on any atom is -0.00575 e. The highest BCUT2D eigenvalue weighted by atomic mass is 14.3. The van der Waals surface area contributed by atoms with E-state index in [1.165, 1.54) is 66.3 Å². The van der Waals surface area contributed by atoms with Gasteiger partial charge in [0, 0.05) is 0 Å². The molecule has 0 heteroatoms. The van der Waals surface area contributed by atoms with Gasteiger partial charge in [0.2, 0.25) is 0 Å². The van der Waals surface area contributed by atoms with Crippen LogP contribution in [0, 0.1) is 5.92 Å². The van der Waals surface area contributed by atoms with Gasteiger partial charge in [0.15, 0.2) is 0 Å². The van der Waals surface area contributed by atoms with Crippen molar-refractivity contribution in [3.05, 3.63) is 64.7 Å². The zero-order chi connectivity index (χ0) is 15.6. The second-order valence-electron chi connectivity index (χ2n) is 7.26. The van der Waals surface area contributed by atoms with Crippen molar-refractivity contribution in [2.24, 2.45) is 5.92 Å². The Morgan fingerprint density at radius 1 is 0.957 bits per heavy atom. The van der Waals surface area contributed by atoms with Crippen molar-refractivity contribution >= 4 is 6.08 Å². The van der Waals surface area contributed by atoms with Crippen molar-refractivity contribution in [3.63, 3.8) is 0 Å². The van der Waals surface area contributed by atoms with Gasteiger partial charge in [-0.1, -0.05) is 86.7 Å². The fourth-order valence-electron chi connectivity index (χ4n) is 4.33. The average Bonchev–Trinajstić information content (AvgIpc) is 3.24. The summed E-state index contributed by atoms with van der Waals surface area (Å²) in [6.07, 6.45) is 11.9. The molecule has 4 rings (SSSR count). The largest absolute Gasteiger partial charge is 0.0649 e. The van der Waals surface area contributed by atoms with E-state index in [4.69, 9.17) is 0 Å². The van der Waals surface area contributed by atoms with Crippen LogP contribution in [0.1, 0.15) is 55.7 Å². The molecule has 2 aromatic rings. The summed E-state index contributed by atoms with van der Waals surface area (Å²) >= 11 is 0.